The molecule has 0 saturated heterocycles. The van der Waals surface area contributed by atoms with Gasteiger partial charge in [-0.1, -0.05) is 39.5 Å². The minimum Gasteiger partial charge on any atom is -0.316 e. The minimum absolute atomic E-state index is 0.743. The van der Waals surface area contributed by atoms with E-state index < -0.39 is 0 Å². The van der Waals surface area contributed by atoms with E-state index in [1.807, 2.05) is 0 Å². The largest absolute Gasteiger partial charge is 0.316 e. The van der Waals surface area contributed by atoms with Crippen LogP contribution in [-0.4, -0.2) is 24.1 Å². The summed E-state index contributed by atoms with van der Waals surface area (Å²) in [6.45, 7) is 4.62. The van der Waals surface area contributed by atoms with E-state index in [0.717, 1.165) is 17.2 Å². The van der Waals surface area contributed by atoms with Crippen LogP contribution in [0.5, 0.6) is 0 Å². The number of nitrogens with one attached hydrogen (secondary N) is 1. The van der Waals surface area contributed by atoms with Crippen molar-refractivity contribution in [2.24, 2.45) is 5.92 Å². The maximum atomic E-state index is 3.49. The molecule has 1 aliphatic rings. The van der Waals surface area contributed by atoms with Gasteiger partial charge in [-0.15, -0.1) is 0 Å². The Balaban J connectivity index is 2.16. The van der Waals surface area contributed by atoms with Gasteiger partial charge in [0.1, 0.15) is 0 Å². The summed E-state index contributed by atoms with van der Waals surface area (Å²) in [7, 11) is 2.12. The zero-order valence-corrected chi connectivity index (χ0v) is 11.4. The molecule has 1 saturated carbocycles. The highest BCUT2D eigenvalue weighted by Gasteiger charge is 2.19. The van der Waals surface area contributed by atoms with Gasteiger partial charge in [0.05, 0.1) is 0 Å². The highest BCUT2D eigenvalue weighted by molar-refractivity contribution is 7.99. The number of hydrogen-bond acceptors (Lipinski definition) is 2. The maximum Gasteiger partial charge on any atom is 0.0157 e. The van der Waals surface area contributed by atoms with Crippen LogP contribution in [0.4, 0.5) is 0 Å². The van der Waals surface area contributed by atoms with Crippen LogP contribution < -0.4 is 5.32 Å². The first-order valence-corrected chi connectivity index (χ1v) is 7.60. The first-order valence-electron chi connectivity index (χ1n) is 6.55. The van der Waals surface area contributed by atoms with Crippen LogP contribution in [0, 0.1) is 5.92 Å². The fraction of sp³-hybridized carbons (Fsp3) is 1.00. The summed E-state index contributed by atoms with van der Waals surface area (Å²) in [5.74, 6) is 2.31. The van der Waals surface area contributed by atoms with Crippen molar-refractivity contribution in [2.75, 3.05) is 12.8 Å². The summed E-state index contributed by atoms with van der Waals surface area (Å²) in [5.41, 5.74) is 0. The van der Waals surface area contributed by atoms with E-state index in [-0.39, 0.29) is 0 Å². The van der Waals surface area contributed by atoms with Crippen molar-refractivity contribution in [1.29, 1.82) is 0 Å². The molecule has 0 spiro atoms. The highest BCUT2D eigenvalue weighted by atomic mass is 32.2. The molecular formula is C13H27NS. The molecule has 1 nitrogen and oxygen atoms in total. The van der Waals surface area contributed by atoms with Crippen LogP contribution in [0.25, 0.3) is 0 Å². The SMILES string of the molecule is CCC(C)SCC(CC1CCCC1)NC. The lowest BCUT2D eigenvalue weighted by molar-refractivity contribution is 0.427. The van der Waals surface area contributed by atoms with Crippen LogP contribution in [-0.2, 0) is 0 Å². The molecule has 90 valence electrons. The normalized spacial score (nSPS) is 21.8. The van der Waals surface area contributed by atoms with E-state index in [0.29, 0.717) is 0 Å². The van der Waals surface area contributed by atoms with Gasteiger partial charge in [-0.25, -0.2) is 0 Å². The van der Waals surface area contributed by atoms with Gasteiger partial charge in [-0.05, 0) is 25.8 Å². The van der Waals surface area contributed by atoms with Crippen molar-refractivity contribution in [3.63, 3.8) is 0 Å². The fourth-order valence-electron chi connectivity index (χ4n) is 2.32. The van der Waals surface area contributed by atoms with E-state index >= 15 is 0 Å². The van der Waals surface area contributed by atoms with Gasteiger partial charge in [0.25, 0.3) is 0 Å². The number of hydrogen-bond donors (Lipinski definition) is 1. The van der Waals surface area contributed by atoms with Crippen molar-refractivity contribution < 1.29 is 0 Å². The molecule has 15 heavy (non-hydrogen) atoms. The molecule has 1 N–H and O–H groups in total. The molecular weight excluding hydrogens is 202 g/mol. The molecule has 2 atom stereocenters. The Labute approximate surface area is 99.8 Å². The molecule has 0 aromatic carbocycles. The lowest BCUT2D eigenvalue weighted by Gasteiger charge is -2.21. The molecule has 0 amide bonds. The average molecular weight is 229 g/mol. The summed E-state index contributed by atoms with van der Waals surface area (Å²) >= 11 is 2.13. The van der Waals surface area contributed by atoms with Gasteiger partial charge in [-0.2, -0.15) is 11.8 Å². The number of thioether (sulfide) groups is 1. The first-order chi connectivity index (χ1) is 7.26. The van der Waals surface area contributed by atoms with E-state index in [2.05, 4.69) is 38.0 Å². The second-order valence-electron chi connectivity index (χ2n) is 4.92. The fourth-order valence-corrected chi connectivity index (χ4v) is 3.42. The van der Waals surface area contributed by atoms with E-state index in [9.17, 15) is 0 Å². The Kier molecular flexibility index (Phi) is 6.74. The van der Waals surface area contributed by atoms with E-state index in [4.69, 9.17) is 0 Å². The smallest absolute Gasteiger partial charge is 0.0157 e. The third-order valence-corrected chi connectivity index (χ3v) is 5.15. The quantitative estimate of drug-likeness (QED) is 0.714. The molecule has 2 heteroatoms. The Hall–Kier alpha value is 0.310. The third kappa shape index (κ3) is 5.26. The maximum absolute atomic E-state index is 3.49. The van der Waals surface area contributed by atoms with Crippen molar-refractivity contribution in [1.82, 2.24) is 5.32 Å². The first kappa shape index (κ1) is 13.4. The van der Waals surface area contributed by atoms with Crippen molar-refractivity contribution in [3.05, 3.63) is 0 Å². The molecule has 1 aliphatic carbocycles. The Morgan fingerprint density at radius 3 is 2.53 bits per heavy atom. The van der Waals surface area contributed by atoms with Gasteiger partial charge in [-0.3, -0.25) is 0 Å². The van der Waals surface area contributed by atoms with Crippen LogP contribution in [0.1, 0.15) is 52.4 Å². The predicted molar refractivity (Wildman–Crippen MR) is 71.6 cm³/mol. The van der Waals surface area contributed by atoms with Gasteiger partial charge < -0.3 is 5.32 Å². The standard InChI is InChI=1S/C13H27NS/c1-4-11(2)15-10-13(14-3)9-12-7-5-6-8-12/h11-14H,4-10H2,1-3H3. The monoisotopic (exact) mass is 229 g/mol. The number of rotatable bonds is 7. The zero-order chi connectivity index (χ0) is 11.1. The molecule has 0 aromatic heterocycles. The highest BCUT2D eigenvalue weighted by Crippen LogP contribution is 2.29. The molecule has 0 heterocycles. The second kappa shape index (κ2) is 7.56. The third-order valence-electron chi connectivity index (χ3n) is 3.66. The Morgan fingerprint density at radius 2 is 2.00 bits per heavy atom. The van der Waals surface area contributed by atoms with Crippen molar-refractivity contribution >= 4 is 11.8 Å². The van der Waals surface area contributed by atoms with Crippen LogP contribution in [0.3, 0.4) is 0 Å². The summed E-state index contributed by atoms with van der Waals surface area (Å²) in [5, 5.41) is 4.31. The zero-order valence-electron chi connectivity index (χ0n) is 10.6. The molecule has 0 bridgehead atoms. The molecule has 2 unspecified atom stereocenters. The van der Waals surface area contributed by atoms with Gasteiger partial charge in [0.15, 0.2) is 0 Å². The molecule has 0 aromatic rings. The van der Waals surface area contributed by atoms with Gasteiger partial charge in [0.2, 0.25) is 0 Å². The van der Waals surface area contributed by atoms with Gasteiger partial charge in [0, 0.05) is 17.0 Å². The second-order valence-corrected chi connectivity index (χ2v) is 6.40. The Bertz CT molecular complexity index is 155. The van der Waals surface area contributed by atoms with E-state index in [1.54, 1.807) is 0 Å². The molecule has 0 aliphatic heterocycles. The van der Waals surface area contributed by atoms with Crippen LogP contribution in [0.15, 0.2) is 0 Å². The predicted octanol–water partition coefficient (Wildman–Crippen LogP) is 3.69. The van der Waals surface area contributed by atoms with E-state index in [1.165, 1.54) is 44.3 Å². The molecule has 0 radical (unpaired) electrons. The summed E-state index contributed by atoms with van der Waals surface area (Å²) < 4.78 is 0. The van der Waals surface area contributed by atoms with Crippen LogP contribution >= 0.6 is 11.8 Å². The topological polar surface area (TPSA) is 12.0 Å². The average Bonchev–Trinajstić information content (AvgIpc) is 2.76. The minimum atomic E-state index is 0.743. The summed E-state index contributed by atoms with van der Waals surface area (Å²) in [6.07, 6.45) is 8.60. The van der Waals surface area contributed by atoms with Gasteiger partial charge >= 0.3 is 0 Å². The lowest BCUT2D eigenvalue weighted by atomic mass is 9.99. The van der Waals surface area contributed by atoms with Crippen molar-refractivity contribution in [3.8, 4) is 0 Å². The summed E-state index contributed by atoms with van der Waals surface area (Å²) in [4.78, 5) is 0. The Morgan fingerprint density at radius 1 is 1.33 bits per heavy atom. The van der Waals surface area contributed by atoms with Crippen molar-refractivity contribution in [2.45, 2.75) is 63.7 Å². The molecule has 1 fully saturated rings. The molecule has 1 rings (SSSR count). The lowest BCUT2D eigenvalue weighted by Crippen LogP contribution is -2.30. The summed E-state index contributed by atoms with van der Waals surface area (Å²) in [6, 6.07) is 0.743. The van der Waals surface area contributed by atoms with Crippen LogP contribution in [0.2, 0.25) is 0 Å².